The van der Waals surface area contributed by atoms with Gasteiger partial charge in [0.25, 0.3) is 5.91 Å². The van der Waals surface area contributed by atoms with Gasteiger partial charge in [-0.3, -0.25) is 4.79 Å². The van der Waals surface area contributed by atoms with Crippen molar-refractivity contribution in [1.29, 1.82) is 0 Å². The molecular formula is C14H17NO3. The van der Waals surface area contributed by atoms with Gasteiger partial charge in [-0.15, -0.1) is 0 Å². The Bertz CT molecular complexity index is 545. The molecule has 0 saturated heterocycles. The minimum Gasteiger partial charge on any atom is -0.463 e. The summed E-state index contributed by atoms with van der Waals surface area (Å²) in [5, 5.41) is 12.8. The lowest BCUT2D eigenvalue weighted by Crippen LogP contribution is -2.41. The van der Waals surface area contributed by atoms with E-state index in [1.54, 1.807) is 0 Å². The van der Waals surface area contributed by atoms with Gasteiger partial charge in [-0.1, -0.05) is 32.0 Å². The highest BCUT2D eigenvalue weighted by molar-refractivity contribution is 6.05. The average molecular weight is 247 g/mol. The topological polar surface area (TPSA) is 62.5 Å². The highest BCUT2D eigenvalue weighted by atomic mass is 16.3. The summed E-state index contributed by atoms with van der Waals surface area (Å²) in [4.78, 5) is 12.1. The van der Waals surface area contributed by atoms with E-state index in [0.717, 1.165) is 5.39 Å². The third kappa shape index (κ3) is 2.38. The molecule has 96 valence electrons. The number of rotatable bonds is 4. The molecule has 4 heteroatoms. The summed E-state index contributed by atoms with van der Waals surface area (Å²) >= 11 is 0. The second kappa shape index (κ2) is 5.23. The zero-order valence-electron chi connectivity index (χ0n) is 10.5. The van der Waals surface area contributed by atoms with Crippen molar-refractivity contribution in [3.8, 4) is 0 Å². The van der Waals surface area contributed by atoms with Gasteiger partial charge in [-0.25, -0.2) is 0 Å². The predicted octanol–water partition coefficient (Wildman–Crippen LogP) is 2.18. The molecule has 1 heterocycles. The molecule has 2 aromatic rings. The molecule has 1 aromatic heterocycles. The summed E-state index contributed by atoms with van der Waals surface area (Å²) in [7, 11) is 0. The Morgan fingerprint density at radius 3 is 2.78 bits per heavy atom. The zero-order valence-corrected chi connectivity index (χ0v) is 10.5. The molecule has 0 aliphatic heterocycles. The van der Waals surface area contributed by atoms with E-state index < -0.39 is 0 Å². The molecule has 1 aromatic carbocycles. The smallest absolute Gasteiger partial charge is 0.255 e. The summed E-state index contributed by atoms with van der Waals surface area (Å²) in [5.74, 6) is -0.0372. The van der Waals surface area contributed by atoms with Crippen LogP contribution in [-0.4, -0.2) is 23.7 Å². The fourth-order valence-corrected chi connectivity index (χ4v) is 1.82. The van der Waals surface area contributed by atoms with Crippen molar-refractivity contribution in [2.24, 2.45) is 5.92 Å². The number of para-hydroxylation sites is 1. The predicted molar refractivity (Wildman–Crippen MR) is 69.4 cm³/mol. The van der Waals surface area contributed by atoms with E-state index in [2.05, 4.69) is 5.32 Å². The van der Waals surface area contributed by atoms with Crippen LogP contribution in [0.25, 0.3) is 11.0 Å². The van der Waals surface area contributed by atoms with Crippen molar-refractivity contribution < 1.29 is 14.3 Å². The number of carbonyl (C=O) groups excluding carboxylic acids is 1. The van der Waals surface area contributed by atoms with Crippen LogP contribution in [-0.2, 0) is 0 Å². The Labute approximate surface area is 106 Å². The van der Waals surface area contributed by atoms with E-state index >= 15 is 0 Å². The first-order chi connectivity index (χ1) is 8.63. The Hall–Kier alpha value is -1.81. The number of benzene rings is 1. The lowest BCUT2D eigenvalue weighted by Gasteiger charge is -2.19. The van der Waals surface area contributed by atoms with Gasteiger partial charge in [0.15, 0.2) is 0 Å². The third-order valence-electron chi connectivity index (χ3n) is 3.04. The molecule has 0 fully saturated rings. The molecule has 0 radical (unpaired) electrons. The lowest BCUT2D eigenvalue weighted by atomic mass is 10.0. The van der Waals surface area contributed by atoms with Crippen molar-refractivity contribution >= 4 is 16.9 Å². The summed E-state index contributed by atoms with van der Waals surface area (Å²) in [6.45, 7) is 3.84. The normalized spacial score (nSPS) is 12.9. The van der Waals surface area contributed by atoms with Gasteiger partial charge in [-0.05, 0) is 12.0 Å². The maximum atomic E-state index is 12.1. The molecule has 0 bridgehead atoms. The SMILES string of the molecule is CC(C)C(CO)NC(=O)c1coc2ccccc12. The number of nitrogens with one attached hydrogen (secondary N) is 1. The first kappa shape index (κ1) is 12.6. The van der Waals surface area contributed by atoms with Crippen molar-refractivity contribution in [2.45, 2.75) is 19.9 Å². The van der Waals surface area contributed by atoms with E-state index in [1.807, 2.05) is 38.1 Å². The molecule has 4 nitrogen and oxygen atoms in total. The Kier molecular flexibility index (Phi) is 3.67. The minimum absolute atomic E-state index is 0.0702. The maximum absolute atomic E-state index is 12.1. The van der Waals surface area contributed by atoms with Crippen LogP contribution >= 0.6 is 0 Å². The molecule has 0 saturated carbocycles. The van der Waals surface area contributed by atoms with Crippen LogP contribution in [0.15, 0.2) is 34.9 Å². The van der Waals surface area contributed by atoms with E-state index in [4.69, 9.17) is 4.42 Å². The van der Waals surface area contributed by atoms with Crippen LogP contribution in [0.2, 0.25) is 0 Å². The van der Waals surface area contributed by atoms with Crippen LogP contribution in [0.3, 0.4) is 0 Å². The van der Waals surface area contributed by atoms with Crippen molar-refractivity contribution in [3.63, 3.8) is 0 Å². The van der Waals surface area contributed by atoms with Crippen molar-refractivity contribution in [3.05, 3.63) is 36.1 Å². The van der Waals surface area contributed by atoms with E-state index in [9.17, 15) is 9.90 Å². The summed E-state index contributed by atoms with van der Waals surface area (Å²) < 4.78 is 5.32. The number of aliphatic hydroxyl groups excluding tert-OH is 1. The number of fused-ring (bicyclic) bond motifs is 1. The molecule has 2 rings (SSSR count). The largest absolute Gasteiger partial charge is 0.463 e. The molecule has 0 aliphatic carbocycles. The number of amides is 1. The highest BCUT2D eigenvalue weighted by Crippen LogP contribution is 2.20. The highest BCUT2D eigenvalue weighted by Gasteiger charge is 2.19. The number of aliphatic hydroxyl groups is 1. The second-order valence-corrected chi connectivity index (χ2v) is 4.65. The lowest BCUT2D eigenvalue weighted by molar-refractivity contribution is 0.0897. The minimum atomic E-state index is -0.244. The Morgan fingerprint density at radius 2 is 2.11 bits per heavy atom. The summed E-state index contributed by atoms with van der Waals surface area (Å²) in [6, 6.07) is 7.14. The van der Waals surface area contributed by atoms with Gasteiger partial charge in [-0.2, -0.15) is 0 Å². The van der Waals surface area contributed by atoms with Gasteiger partial charge in [0.2, 0.25) is 0 Å². The van der Waals surface area contributed by atoms with Crippen LogP contribution in [0.4, 0.5) is 0 Å². The molecule has 0 aliphatic rings. The molecular weight excluding hydrogens is 230 g/mol. The standard InChI is InChI=1S/C14H17NO3/c1-9(2)12(7-16)15-14(17)11-8-18-13-6-4-3-5-10(11)13/h3-6,8-9,12,16H,7H2,1-2H3,(H,15,17). The van der Waals surface area contributed by atoms with Crippen LogP contribution in [0.5, 0.6) is 0 Å². The number of carbonyl (C=O) groups is 1. The monoisotopic (exact) mass is 247 g/mol. The fourth-order valence-electron chi connectivity index (χ4n) is 1.82. The quantitative estimate of drug-likeness (QED) is 0.870. The van der Waals surface area contributed by atoms with Crippen LogP contribution < -0.4 is 5.32 Å². The number of hydrogen-bond donors (Lipinski definition) is 2. The summed E-state index contributed by atoms with van der Waals surface area (Å²) in [5.41, 5.74) is 1.19. The Morgan fingerprint density at radius 1 is 1.39 bits per heavy atom. The third-order valence-corrected chi connectivity index (χ3v) is 3.04. The van der Waals surface area contributed by atoms with E-state index in [-0.39, 0.29) is 24.5 Å². The molecule has 1 atom stereocenters. The zero-order chi connectivity index (χ0) is 13.1. The van der Waals surface area contributed by atoms with E-state index in [0.29, 0.717) is 11.1 Å². The second-order valence-electron chi connectivity index (χ2n) is 4.65. The Balaban J connectivity index is 2.23. The molecule has 1 unspecified atom stereocenters. The van der Waals surface area contributed by atoms with E-state index in [1.165, 1.54) is 6.26 Å². The van der Waals surface area contributed by atoms with Crippen molar-refractivity contribution in [1.82, 2.24) is 5.32 Å². The average Bonchev–Trinajstić information content (AvgIpc) is 2.79. The van der Waals surface area contributed by atoms with Gasteiger partial charge >= 0.3 is 0 Å². The molecule has 0 spiro atoms. The van der Waals surface area contributed by atoms with Crippen molar-refractivity contribution in [2.75, 3.05) is 6.61 Å². The molecule has 2 N–H and O–H groups in total. The number of furan rings is 1. The number of hydrogen-bond acceptors (Lipinski definition) is 3. The van der Waals surface area contributed by atoms with Gasteiger partial charge < -0.3 is 14.8 Å². The maximum Gasteiger partial charge on any atom is 0.255 e. The fraction of sp³-hybridized carbons (Fsp3) is 0.357. The molecule has 18 heavy (non-hydrogen) atoms. The first-order valence-corrected chi connectivity index (χ1v) is 6.01. The van der Waals surface area contributed by atoms with Crippen LogP contribution in [0.1, 0.15) is 24.2 Å². The first-order valence-electron chi connectivity index (χ1n) is 6.01. The van der Waals surface area contributed by atoms with Gasteiger partial charge in [0, 0.05) is 5.39 Å². The molecule has 1 amide bonds. The van der Waals surface area contributed by atoms with Crippen LogP contribution in [0, 0.1) is 5.92 Å². The summed E-state index contributed by atoms with van der Waals surface area (Å²) in [6.07, 6.45) is 1.45. The van der Waals surface area contributed by atoms with Gasteiger partial charge in [0.1, 0.15) is 11.8 Å². The van der Waals surface area contributed by atoms with Gasteiger partial charge in [0.05, 0.1) is 18.2 Å².